The minimum atomic E-state index is -1.51. The second-order valence-electron chi connectivity index (χ2n) is 3.22. The molecule has 17 heavy (non-hydrogen) atoms. The van der Waals surface area contributed by atoms with Crippen LogP contribution in [-0.2, 0) is 0 Å². The van der Waals surface area contributed by atoms with Crippen molar-refractivity contribution in [3.63, 3.8) is 0 Å². The second kappa shape index (κ2) is 5.22. The maximum absolute atomic E-state index is 13.6. The Labute approximate surface area is 96.1 Å². The first kappa shape index (κ1) is 12.9. The van der Waals surface area contributed by atoms with E-state index in [0.29, 0.717) is 6.42 Å². The molecule has 0 unspecified atom stereocenters. The van der Waals surface area contributed by atoms with Crippen LogP contribution in [0.2, 0.25) is 0 Å². The lowest BCUT2D eigenvalue weighted by molar-refractivity contribution is 0.495. The number of nitrogens with zero attached hydrogens (tertiary/aromatic N) is 2. The number of hydrogen-bond acceptors (Lipinski definition) is 3. The van der Waals surface area contributed by atoms with E-state index in [2.05, 4.69) is 5.32 Å². The molecule has 1 aromatic carbocycles. The molecule has 1 N–H and O–H groups in total. The quantitative estimate of drug-likeness (QED) is 0.825. The van der Waals surface area contributed by atoms with Crippen LogP contribution in [-0.4, -0.2) is 6.54 Å². The van der Waals surface area contributed by atoms with E-state index < -0.39 is 34.3 Å². The van der Waals surface area contributed by atoms with Crippen LogP contribution in [0.1, 0.15) is 24.5 Å². The average molecular weight is 239 g/mol. The molecule has 0 bridgehead atoms. The molecular formula is C11H8F3N3. The van der Waals surface area contributed by atoms with E-state index in [0.717, 1.165) is 0 Å². The fourth-order valence-electron chi connectivity index (χ4n) is 1.28. The van der Waals surface area contributed by atoms with Crippen LogP contribution in [0.3, 0.4) is 0 Å². The molecule has 0 saturated heterocycles. The van der Waals surface area contributed by atoms with Crippen molar-refractivity contribution in [2.75, 3.05) is 11.9 Å². The minimum absolute atomic E-state index is 0.226. The highest BCUT2D eigenvalue weighted by Crippen LogP contribution is 2.28. The molecule has 1 rings (SSSR count). The van der Waals surface area contributed by atoms with Gasteiger partial charge in [0, 0.05) is 6.54 Å². The molecule has 0 amide bonds. The highest BCUT2D eigenvalue weighted by Gasteiger charge is 2.24. The van der Waals surface area contributed by atoms with Crippen LogP contribution < -0.4 is 5.32 Å². The van der Waals surface area contributed by atoms with Gasteiger partial charge in [-0.3, -0.25) is 0 Å². The zero-order chi connectivity index (χ0) is 13.0. The summed E-state index contributed by atoms with van der Waals surface area (Å²) in [4.78, 5) is 0. The van der Waals surface area contributed by atoms with E-state index in [1.807, 2.05) is 0 Å². The van der Waals surface area contributed by atoms with Crippen LogP contribution in [0.25, 0.3) is 0 Å². The first-order chi connectivity index (χ1) is 8.08. The number of benzene rings is 1. The van der Waals surface area contributed by atoms with Gasteiger partial charge in [-0.25, -0.2) is 13.2 Å². The zero-order valence-electron chi connectivity index (χ0n) is 8.94. The molecular weight excluding hydrogens is 231 g/mol. The van der Waals surface area contributed by atoms with Crippen molar-refractivity contribution in [2.45, 2.75) is 13.3 Å². The number of nitriles is 2. The molecule has 0 saturated carbocycles. The summed E-state index contributed by atoms with van der Waals surface area (Å²) < 4.78 is 40.4. The van der Waals surface area contributed by atoms with Crippen LogP contribution in [0.4, 0.5) is 18.9 Å². The first-order valence-electron chi connectivity index (χ1n) is 4.82. The average Bonchev–Trinajstić information content (AvgIpc) is 2.33. The Morgan fingerprint density at radius 1 is 1.00 bits per heavy atom. The number of rotatable bonds is 3. The first-order valence-corrected chi connectivity index (χ1v) is 4.82. The summed E-state index contributed by atoms with van der Waals surface area (Å²) in [6.07, 6.45) is 0.572. The third-order valence-electron chi connectivity index (χ3n) is 2.10. The lowest BCUT2D eigenvalue weighted by Gasteiger charge is -2.10. The van der Waals surface area contributed by atoms with Crippen molar-refractivity contribution in [3.8, 4) is 12.1 Å². The number of nitrogens with one attached hydrogen (secondary N) is 1. The van der Waals surface area contributed by atoms with Crippen molar-refractivity contribution in [1.29, 1.82) is 10.5 Å². The third-order valence-corrected chi connectivity index (χ3v) is 2.10. The molecule has 0 aromatic heterocycles. The number of anilines is 1. The van der Waals surface area contributed by atoms with Gasteiger partial charge in [0.1, 0.15) is 29.0 Å². The third kappa shape index (κ3) is 2.16. The fourth-order valence-corrected chi connectivity index (χ4v) is 1.28. The van der Waals surface area contributed by atoms with Gasteiger partial charge in [-0.05, 0) is 6.42 Å². The molecule has 0 radical (unpaired) electrons. The molecule has 0 fully saturated rings. The van der Waals surface area contributed by atoms with Crippen molar-refractivity contribution in [1.82, 2.24) is 0 Å². The van der Waals surface area contributed by atoms with E-state index in [9.17, 15) is 13.2 Å². The van der Waals surface area contributed by atoms with E-state index in [-0.39, 0.29) is 6.54 Å². The van der Waals surface area contributed by atoms with E-state index in [1.54, 1.807) is 6.92 Å². The second-order valence-corrected chi connectivity index (χ2v) is 3.22. The summed E-state index contributed by atoms with van der Waals surface area (Å²) in [7, 11) is 0. The maximum Gasteiger partial charge on any atom is 0.186 e. The summed E-state index contributed by atoms with van der Waals surface area (Å²) in [5.74, 6) is -4.23. The van der Waals surface area contributed by atoms with Gasteiger partial charge in [-0.2, -0.15) is 10.5 Å². The Kier molecular flexibility index (Phi) is 3.95. The van der Waals surface area contributed by atoms with E-state index in [1.165, 1.54) is 12.1 Å². The van der Waals surface area contributed by atoms with Gasteiger partial charge in [-0.15, -0.1) is 0 Å². The standard InChI is InChI=1S/C11H8F3N3/c1-2-3-17-11-9(13)7(5-16)6(4-15)8(12)10(11)14/h17H,2-3H2,1H3. The van der Waals surface area contributed by atoms with Gasteiger partial charge in [0.05, 0.1) is 0 Å². The Hall–Kier alpha value is -2.21. The smallest absolute Gasteiger partial charge is 0.186 e. The number of hydrogen-bond donors (Lipinski definition) is 1. The Morgan fingerprint density at radius 3 is 2.00 bits per heavy atom. The SMILES string of the molecule is CCCNc1c(F)c(F)c(C#N)c(C#N)c1F. The zero-order valence-corrected chi connectivity index (χ0v) is 8.94. The van der Waals surface area contributed by atoms with Crippen LogP contribution in [0.15, 0.2) is 0 Å². The van der Waals surface area contributed by atoms with Gasteiger partial charge in [0.2, 0.25) is 0 Å². The lowest BCUT2D eigenvalue weighted by Crippen LogP contribution is -2.10. The molecule has 6 heteroatoms. The minimum Gasteiger partial charge on any atom is -0.380 e. The van der Waals surface area contributed by atoms with E-state index in [4.69, 9.17) is 10.5 Å². The Morgan fingerprint density at radius 2 is 1.53 bits per heavy atom. The van der Waals surface area contributed by atoms with Crippen molar-refractivity contribution in [2.24, 2.45) is 0 Å². The molecule has 0 aliphatic rings. The maximum atomic E-state index is 13.6. The molecule has 3 nitrogen and oxygen atoms in total. The summed E-state index contributed by atoms with van der Waals surface area (Å²) in [6.45, 7) is 1.98. The number of halogens is 3. The molecule has 88 valence electrons. The molecule has 0 atom stereocenters. The summed E-state index contributed by atoms with van der Waals surface area (Å²) in [6, 6.07) is 2.63. The molecule has 1 aromatic rings. The molecule has 0 spiro atoms. The van der Waals surface area contributed by atoms with E-state index >= 15 is 0 Å². The highest BCUT2D eigenvalue weighted by molar-refractivity contribution is 5.59. The van der Waals surface area contributed by atoms with Crippen molar-refractivity contribution < 1.29 is 13.2 Å². The van der Waals surface area contributed by atoms with Gasteiger partial charge >= 0.3 is 0 Å². The van der Waals surface area contributed by atoms with Crippen LogP contribution in [0, 0.1) is 40.1 Å². The predicted octanol–water partition coefficient (Wildman–Crippen LogP) is 2.67. The Balaban J connectivity index is 3.50. The summed E-state index contributed by atoms with van der Waals surface area (Å²) in [5, 5.41) is 19.5. The van der Waals surface area contributed by atoms with Gasteiger partial charge in [-0.1, -0.05) is 6.92 Å². The highest BCUT2D eigenvalue weighted by atomic mass is 19.2. The normalized spacial score (nSPS) is 9.53. The largest absolute Gasteiger partial charge is 0.380 e. The summed E-state index contributed by atoms with van der Waals surface area (Å²) >= 11 is 0. The molecule has 0 aliphatic heterocycles. The van der Waals surface area contributed by atoms with Crippen LogP contribution in [0.5, 0.6) is 0 Å². The van der Waals surface area contributed by atoms with Crippen molar-refractivity contribution in [3.05, 3.63) is 28.6 Å². The topological polar surface area (TPSA) is 59.6 Å². The monoisotopic (exact) mass is 239 g/mol. The molecule has 0 heterocycles. The lowest BCUT2D eigenvalue weighted by atomic mass is 10.1. The van der Waals surface area contributed by atoms with Gasteiger partial charge < -0.3 is 5.32 Å². The van der Waals surface area contributed by atoms with Crippen LogP contribution >= 0.6 is 0 Å². The fraction of sp³-hybridized carbons (Fsp3) is 0.273. The van der Waals surface area contributed by atoms with Crippen molar-refractivity contribution >= 4 is 5.69 Å². The molecule has 0 aliphatic carbocycles. The van der Waals surface area contributed by atoms with Gasteiger partial charge in [0.25, 0.3) is 0 Å². The van der Waals surface area contributed by atoms with Gasteiger partial charge in [0.15, 0.2) is 17.5 Å². The summed E-state index contributed by atoms with van der Waals surface area (Å²) in [5.41, 5.74) is -2.41. The predicted molar refractivity (Wildman–Crippen MR) is 54.5 cm³/mol. The Bertz CT molecular complexity index is 526.